The van der Waals surface area contributed by atoms with E-state index in [0.717, 1.165) is 45.7 Å². The van der Waals surface area contributed by atoms with E-state index in [1.165, 1.54) is 18.2 Å². The Kier molecular flexibility index (Phi) is 6.79. The summed E-state index contributed by atoms with van der Waals surface area (Å²) in [4.78, 5) is 26.1. The van der Waals surface area contributed by atoms with Crippen molar-refractivity contribution in [3.63, 3.8) is 0 Å². The molecule has 0 unspecified atom stereocenters. The second kappa shape index (κ2) is 9.18. The number of benzene rings is 2. The van der Waals surface area contributed by atoms with Crippen LogP contribution in [0.15, 0.2) is 47.4 Å². The van der Waals surface area contributed by atoms with Gasteiger partial charge in [0.1, 0.15) is 12.4 Å². The van der Waals surface area contributed by atoms with Crippen molar-refractivity contribution in [2.45, 2.75) is 32.9 Å². The number of hydrogen-bond acceptors (Lipinski definition) is 4. The molecule has 0 saturated carbocycles. The Bertz CT molecular complexity index is 1010. The number of amides is 2. The summed E-state index contributed by atoms with van der Waals surface area (Å²) in [5.74, 6) is 0.508. The third kappa shape index (κ3) is 5.50. The van der Waals surface area contributed by atoms with Gasteiger partial charge in [-0.25, -0.2) is 0 Å². The smallest absolute Gasteiger partial charge is 0.416 e. The summed E-state index contributed by atoms with van der Waals surface area (Å²) in [6.07, 6.45) is -3.01. The van der Waals surface area contributed by atoms with E-state index in [2.05, 4.69) is 13.8 Å². The number of alkyl halides is 3. The molecule has 8 heteroatoms. The van der Waals surface area contributed by atoms with Gasteiger partial charge in [0.25, 0.3) is 11.1 Å². The van der Waals surface area contributed by atoms with Crippen molar-refractivity contribution in [1.29, 1.82) is 0 Å². The minimum absolute atomic E-state index is 0.0838. The number of halogens is 3. The summed E-state index contributed by atoms with van der Waals surface area (Å²) in [7, 11) is 0. The van der Waals surface area contributed by atoms with Crippen LogP contribution in [0.5, 0.6) is 5.75 Å². The van der Waals surface area contributed by atoms with Crippen LogP contribution in [0.1, 0.15) is 42.0 Å². The molecule has 0 aliphatic carbocycles. The van der Waals surface area contributed by atoms with E-state index < -0.39 is 22.9 Å². The molecule has 1 aliphatic rings. The largest absolute Gasteiger partial charge is 0.491 e. The van der Waals surface area contributed by atoms with E-state index in [4.69, 9.17) is 4.74 Å². The summed E-state index contributed by atoms with van der Waals surface area (Å²) in [5, 5.41) is -0.430. The fourth-order valence-corrected chi connectivity index (χ4v) is 3.97. The fourth-order valence-electron chi connectivity index (χ4n) is 3.10. The van der Waals surface area contributed by atoms with Crippen LogP contribution >= 0.6 is 11.8 Å². The number of imide groups is 1. The molecule has 1 saturated heterocycles. The molecule has 0 spiro atoms. The highest BCUT2D eigenvalue weighted by molar-refractivity contribution is 8.18. The predicted molar refractivity (Wildman–Crippen MR) is 115 cm³/mol. The average Bonchev–Trinajstić information content (AvgIpc) is 2.95. The molecular weight excluding hydrogens is 427 g/mol. The summed E-state index contributed by atoms with van der Waals surface area (Å²) < 4.78 is 43.9. The van der Waals surface area contributed by atoms with Crippen LogP contribution in [0.3, 0.4) is 0 Å². The second-order valence-corrected chi connectivity index (χ2v) is 8.49. The highest BCUT2D eigenvalue weighted by Gasteiger charge is 2.35. The highest BCUT2D eigenvalue weighted by Crippen LogP contribution is 2.34. The molecule has 31 heavy (non-hydrogen) atoms. The fraction of sp³-hybridized carbons (Fsp3) is 0.304. The molecule has 0 N–H and O–H groups in total. The van der Waals surface area contributed by atoms with E-state index in [9.17, 15) is 22.8 Å². The maximum Gasteiger partial charge on any atom is 0.416 e. The van der Waals surface area contributed by atoms with E-state index >= 15 is 0 Å². The highest BCUT2D eigenvalue weighted by atomic mass is 32.2. The summed E-state index contributed by atoms with van der Waals surface area (Å²) >= 11 is 0.764. The molecular formula is C23H22F3NO3S. The van der Waals surface area contributed by atoms with E-state index in [-0.39, 0.29) is 24.0 Å². The lowest BCUT2D eigenvalue weighted by Gasteiger charge is -2.17. The van der Waals surface area contributed by atoms with Gasteiger partial charge in [-0.2, -0.15) is 13.2 Å². The number of carbonyl (C=O) groups is 2. The first-order chi connectivity index (χ1) is 14.6. The number of aryl methyl sites for hydroxylation is 1. The third-order valence-corrected chi connectivity index (χ3v) is 5.68. The van der Waals surface area contributed by atoms with Crippen LogP contribution in [0.2, 0.25) is 0 Å². The van der Waals surface area contributed by atoms with Gasteiger partial charge in [-0.15, -0.1) is 0 Å². The van der Waals surface area contributed by atoms with E-state index in [1.54, 1.807) is 0 Å². The van der Waals surface area contributed by atoms with Crippen molar-refractivity contribution >= 4 is 29.0 Å². The number of ether oxygens (including phenoxy) is 1. The molecule has 3 rings (SSSR count). The number of nitrogens with zero attached hydrogens (tertiary/aromatic N) is 1. The summed E-state index contributed by atoms with van der Waals surface area (Å²) in [5.41, 5.74) is 1.73. The standard InChI is InChI=1S/C23H22F3NO3S/c1-14(2)18-9-4-15(3)12-19(18)30-11-10-27-21(28)20(31-22(27)29)13-16-5-7-17(8-6-16)23(24,25)26/h4-9,12-14H,10-11H2,1-3H3/b20-13-. The molecule has 0 radical (unpaired) electrons. The van der Waals surface area contributed by atoms with Crippen LogP contribution in [0.25, 0.3) is 6.08 Å². The van der Waals surface area contributed by atoms with Crippen molar-refractivity contribution in [3.05, 3.63) is 69.6 Å². The van der Waals surface area contributed by atoms with Crippen molar-refractivity contribution in [2.75, 3.05) is 13.2 Å². The molecule has 1 fully saturated rings. The van der Waals surface area contributed by atoms with Gasteiger partial charge in [0.05, 0.1) is 17.0 Å². The molecule has 0 atom stereocenters. The zero-order valence-electron chi connectivity index (χ0n) is 17.3. The minimum Gasteiger partial charge on any atom is -0.491 e. The second-order valence-electron chi connectivity index (χ2n) is 7.50. The Morgan fingerprint density at radius 3 is 2.39 bits per heavy atom. The SMILES string of the molecule is Cc1ccc(C(C)C)c(OCCN2C(=O)S/C(=C\c3ccc(C(F)(F)F)cc3)C2=O)c1. The number of thioether (sulfide) groups is 1. The van der Waals surface area contributed by atoms with Gasteiger partial charge in [0.15, 0.2) is 0 Å². The first kappa shape index (κ1) is 22.9. The third-order valence-electron chi connectivity index (χ3n) is 4.77. The molecule has 2 aromatic rings. The number of rotatable bonds is 6. The molecule has 2 amide bonds. The minimum atomic E-state index is -4.43. The Hall–Kier alpha value is -2.74. The van der Waals surface area contributed by atoms with Gasteiger partial charge in [-0.1, -0.05) is 38.1 Å². The van der Waals surface area contributed by atoms with Gasteiger partial charge in [-0.3, -0.25) is 14.5 Å². The van der Waals surface area contributed by atoms with Crippen LogP contribution < -0.4 is 4.74 Å². The predicted octanol–water partition coefficient (Wildman–Crippen LogP) is 6.25. The van der Waals surface area contributed by atoms with Crippen molar-refractivity contribution < 1.29 is 27.5 Å². The molecule has 4 nitrogen and oxygen atoms in total. The Morgan fingerprint density at radius 2 is 1.77 bits per heavy atom. The van der Waals surface area contributed by atoms with Gasteiger partial charge >= 0.3 is 6.18 Å². The zero-order valence-corrected chi connectivity index (χ0v) is 18.1. The zero-order chi connectivity index (χ0) is 22.8. The molecule has 164 valence electrons. The monoisotopic (exact) mass is 449 g/mol. The Morgan fingerprint density at radius 1 is 1.10 bits per heavy atom. The Labute approximate surface area is 183 Å². The van der Waals surface area contributed by atoms with Gasteiger partial charge in [0, 0.05) is 0 Å². The van der Waals surface area contributed by atoms with Gasteiger partial charge in [-0.05, 0) is 65.6 Å². The van der Waals surface area contributed by atoms with Crippen LogP contribution in [0, 0.1) is 6.92 Å². The van der Waals surface area contributed by atoms with Gasteiger partial charge < -0.3 is 4.74 Å². The topological polar surface area (TPSA) is 46.6 Å². The first-order valence-corrected chi connectivity index (χ1v) is 10.5. The lowest BCUT2D eigenvalue weighted by atomic mass is 10.0. The van der Waals surface area contributed by atoms with Crippen LogP contribution in [0.4, 0.5) is 18.0 Å². The van der Waals surface area contributed by atoms with Crippen LogP contribution in [-0.2, 0) is 11.0 Å². The summed E-state index contributed by atoms with van der Waals surface area (Å²) in [6.45, 7) is 6.30. The lowest BCUT2D eigenvalue weighted by Crippen LogP contribution is -2.32. The Balaban J connectivity index is 1.66. The average molecular weight is 449 g/mol. The molecule has 0 bridgehead atoms. The maximum absolute atomic E-state index is 12.7. The normalized spacial score (nSPS) is 16.0. The first-order valence-electron chi connectivity index (χ1n) is 9.72. The number of carbonyl (C=O) groups excluding carboxylic acids is 2. The lowest BCUT2D eigenvalue weighted by molar-refractivity contribution is -0.137. The van der Waals surface area contributed by atoms with Gasteiger partial charge in [0.2, 0.25) is 0 Å². The van der Waals surface area contributed by atoms with Crippen molar-refractivity contribution in [2.24, 2.45) is 0 Å². The maximum atomic E-state index is 12.7. The van der Waals surface area contributed by atoms with Crippen molar-refractivity contribution in [1.82, 2.24) is 4.90 Å². The van der Waals surface area contributed by atoms with E-state index in [0.29, 0.717) is 5.56 Å². The quantitative estimate of drug-likeness (QED) is 0.489. The van der Waals surface area contributed by atoms with Crippen molar-refractivity contribution in [3.8, 4) is 5.75 Å². The summed E-state index contributed by atoms with van der Waals surface area (Å²) in [6, 6.07) is 10.4. The molecule has 0 aromatic heterocycles. The van der Waals surface area contributed by atoms with E-state index in [1.807, 2.05) is 25.1 Å². The van der Waals surface area contributed by atoms with Crippen LogP contribution in [-0.4, -0.2) is 29.2 Å². The molecule has 1 aliphatic heterocycles. The molecule has 2 aromatic carbocycles. The number of hydrogen-bond donors (Lipinski definition) is 0. The molecule has 1 heterocycles.